The molecule has 22 heavy (non-hydrogen) atoms. The van der Waals surface area contributed by atoms with Gasteiger partial charge >= 0.3 is 0 Å². The first-order valence-corrected chi connectivity index (χ1v) is 7.85. The Balaban J connectivity index is 0. The van der Waals surface area contributed by atoms with E-state index in [1.165, 1.54) is 16.8 Å². The van der Waals surface area contributed by atoms with Crippen molar-refractivity contribution in [3.05, 3.63) is 29.3 Å². The van der Waals surface area contributed by atoms with Crippen molar-refractivity contribution in [2.75, 3.05) is 26.0 Å². The summed E-state index contributed by atoms with van der Waals surface area (Å²) in [4.78, 5) is 0. The first-order chi connectivity index (χ1) is 10.2. The van der Waals surface area contributed by atoms with Crippen LogP contribution in [0, 0.1) is 13.8 Å². The van der Waals surface area contributed by atoms with Gasteiger partial charge in [0, 0.05) is 31.9 Å². The van der Waals surface area contributed by atoms with Crippen molar-refractivity contribution < 1.29 is 10.2 Å². The molecule has 4 N–H and O–H groups in total. The summed E-state index contributed by atoms with van der Waals surface area (Å²) in [6.45, 7) is 13.1. The molecule has 1 unspecified atom stereocenters. The van der Waals surface area contributed by atoms with E-state index in [1.807, 2.05) is 7.05 Å². The molecule has 4 heteroatoms. The van der Waals surface area contributed by atoms with Gasteiger partial charge in [-0.3, -0.25) is 0 Å². The molecule has 1 aromatic carbocycles. The molecule has 0 aliphatic carbocycles. The van der Waals surface area contributed by atoms with Crippen molar-refractivity contribution in [1.29, 1.82) is 0 Å². The SMILES string of the molecule is CCC(C)(C)NCC(C)O.CNc1cccc(C)c1C.CO. The highest BCUT2D eigenvalue weighted by atomic mass is 16.3. The zero-order valence-electron chi connectivity index (χ0n) is 15.6. The fourth-order valence-electron chi connectivity index (χ4n) is 1.57. The molecule has 0 saturated carbocycles. The highest BCUT2D eigenvalue weighted by Crippen LogP contribution is 2.16. The number of nitrogens with one attached hydrogen (secondary N) is 2. The Labute approximate surface area is 137 Å². The van der Waals surface area contributed by atoms with Crippen LogP contribution in [0.25, 0.3) is 0 Å². The second-order valence-corrected chi connectivity index (χ2v) is 5.96. The van der Waals surface area contributed by atoms with E-state index in [-0.39, 0.29) is 11.6 Å². The molecule has 0 spiro atoms. The fraction of sp³-hybridized carbons (Fsp3) is 0.667. The zero-order valence-corrected chi connectivity index (χ0v) is 15.6. The first kappa shape index (κ1) is 23.2. The molecule has 0 saturated heterocycles. The minimum Gasteiger partial charge on any atom is -0.400 e. The Morgan fingerprint density at radius 2 is 1.73 bits per heavy atom. The highest BCUT2D eigenvalue weighted by molar-refractivity contribution is 5.52. The fourth-order valence-corrected chi connectivity index (χ4v) is 1.57. The maximum atomic E-state index is 8.95. The lowest BCUT2D eigenvalue weighted by atomic mass is 10.0. The number of anilines is 1. The van der Waals surface area contributed by atoms with Gasteiger partial charge in [-0.1, -0.05) is 19.1 Å². The molecule has 0 bridgehead atoms. The van der Waals surface area contributed by atoms with Gasteiger partial charge in [0.15, 0.2) is 0 Å². The largest absolute Gasteiger partial charge is 0.400 e. The molecule has 0 aromatic heterocycles. The quantitative estimate of drug-likeness (QED) is 0.674. The van der Waals surface area contributed by atoms with E-state index >= 15 is 0 Å². The molecular weight excluding hydrogens is 276 g/mol. The average Bonchev–Trinajstić information content (AvgIpc) is 2.51. The van der Waals surface area contributed by atoms with Gasteiger partial charge < -0.3 is 20.8 Å². The van der Waals surface area contributed by atoms with Crippen molar-refractivity contribution in [2.45, 2.75) is 59.6 Å². The number of aliphatic hydroxyl groups is 2. The van der Waals surface area contributed by atoms with Crippen LogP contribution in [0.4, 0.5) is 5.69 Å². The Morgan fingerprint density at radius 1 is 1.18 bits per heavy atom. The van der Waals surface area contributed by atoms with E-state index in [4.69, 9.17) is 10.2 Å². The normalized spacial score (nSPS) is 11.5. The minimum absolute atomic E-state index is 0.164. The third kappa shape index (κ3) is 10.6. The van der Waals surface area contributed by atoms with Crippen molar-refractivity contribution in [3.8, 4) is 0 Å². The predicted molar refractivity (Wildman–Crippen MR) is 97.7 cm³/mol. The summed E-state index contributed by atoms with van der Waals surface area (Å²) in [5.74, 6) is 0. The van der Waals surface area contributed by atoms with Crippen molar-refractivity contribution in [3.63, 3.8) is 0 Å². The standard InChI is InChI=1S/C9H13N.C8H19NO.CH4O/c1-7-5-4-6-9(10-3)8(7)2;1-5-8(3,4)9-6-7(2)10;1-2/h4-6,10H,1-3H3;7,9-10H,5-6H2,1-4H3;2H,1H3. The number of rotatable bonds is 5. The van der Waals surface area contributed by atoms with Crippen LogP contribution in [0.5, 0.6) is 0 Å². The van der Waals surface area contributed by atoms with E-state index < -0.39 is 0 Å². The number of β-amino-alcohol motifs (C(OH)–C–C–N with tert-alkyl or cyclic N) is 1. The lowest BCUT2D eigenvalue weighted by Gasteiger charge is -2.25. The zero-order chi connectivity index (χ0) is 17.8. The number of hydrogen-bond acceptors (Lipinski definition) is 4. The van der Waals surface area contributed by atoms with Crippen molar-refractivity contribution >= 4 is 5.69 Å². The summed E-state index contributed by atoms with van der Waals surface area (Å²) >= 11 is 0. The van der Waals surface area contributed by atoms with Gasteiger partial charge in [0.25, 0.3) is 0 Å². The number of benzene rings is 1. The number of hydrogen-bond donors (Lipinski definition) is 4. The predicted octanol–water partition coefficient (Wildman–Crippen LogP) is 3.10. The second kappa shape index (κ2) is 12.4. The van der Waals surface area contributed by atoms with Crippen LogP contribution in [-0.4, -0.2) is 42.6 Å². The van der Waals surface area contributed by atoms with Crippen molar-refractivity contribution in [1.82, 2.24) is 5.32 Å². The van der Waals surface area contributed by atoms with Crippen LogP contribution in [-0.2, 0) is 0 Å². The smallest absolute Gasteiger partial charge is 0.0636 e. The van der Waals surface area contributed by atoms with Gasteiger partial charge in [-0.2, -0.15) is 0 Å². The second-order valence-electron chi connectivity index (χ2n) is 5.96. The van der Waals surface area contributed by atoms with Gasteiger partial charge in [-0.15, -0.1) is 0 Å². The third-order valence-corrected chi connectivity index (χ3v) is 3.63. The average molecular weight is 312 g/mol. The molecule has 130 valence electrons. The van der Waals surface area contributed by atoms with Crippen LogP contribution < -0.4 is 10.6 Å². The van der Waals surface area contributed by atoms with Gasteiger partial charge in [-0.05, 0) is 58.2 Å². The Hall–Kier alpha value is -1.10. The Bertz CT molecular complexity index is 391. The molecule has 0 amide bonds. The van der Waals surface area contributed by atoms with Crippen molar-refractivity contribution in [2.24, 2.45) is 0 Å². The number of aliphatic hydroxyl groups excluding tert-OH is 2. The molecule has 1 atom stereocenters. The monoisotopic (exact) mass is 312 g/mol. The Kier molecular flexibility index (Phi) is 13.1. The van der Waals surface area contributed by atoms with Crippen LogP contribution in [0.15, 0.2) is 18.2 Å². The maximum Gasteiger partial charge on any atom is 0.0636 e. The summed E-state index contributed by atoms with van der Waals surface area (Å²) in [7, 11) is 2.95. The minimum atomic E-state index is -0.245. The van der Waals surface area contributed by atoms with E-state index in [0.717, 1.165) is 13.5 Å². The van der Waals surface area contributed by atoms with E-state index in [9.17, 15) is 0 Å². The summed E-state index contributed by atoms with van der Waals surface area (Å²) < 4.78 is 0. The first-order valence-electron chi connectivity index (χ1n) is 7.85. The summed E-state index contributed by atoms with van der Waals surface area (Å²) in [5.41, 5.74) is 4.06. The highest BCUT2D eigenvalue weighted by Gasteiger charge is 2.13. The van der Waals surface area contributed by atoms with Gasteiger partial charge in [0.1, 0.15) is 0 Å². The van der Waals surface area contributed by atoms with Crippen LogP contribution in [0.1, 0.15) is 45.2 Å². The molecule has 1 aromatic rings. The molecule has 1 rings (SSSR count). The third-order valence-electron chi connectivity index (χ3n) is 3.63. The van der Waals surface area contributed by atoms with E-state index in [0.29, 0.717) is 6.54 Å². The topological polar surface area (TPSA) is 64.5 Å². The molecule has 0 aliphatic rings. The summed E-state index contributed by atoms with van der Waals surface area (Å²) in [6, 6.07) is 6.27. The van der Waals surface area contributed by atoms with E-state index in [2.05, 4.69) is 63.5 Å². The molecule has 4 nitrogen and oxygen atoms in total. The van der Waals surface area contributed by atoms with E-state index in [1.54, 1.807) is 6.92 Å². The number of aryl methyl sites for hydroxylation is 1. The Morgan fingerprint density at radius 3 is 2.09 bits per heavy atom. The van der Waals surface area contributed by atoms with Crippen LogP contribution >= 0.6 is 0 Å². The van der Waals surface area contributed by atoms with Gasteiger partial charge in [0.05, 0.1) is 6.10 Å². The van der Waals surface area contributed by atoms with Crippen LogP contribution in [0.2, 0.25) is 0 Å². The molecule has 0 aliphatic heterocycles. The molecule has 0 heterocycles. The van der Waals surface area contributed by atoms with Gasteiger partial charge in [0.2, 0.25) is 0 Å². The van der Waals surface area contributed by atoms with Crippen LogP contribution in [0.3, 0.4) is 0 Å². The maximum absolute atomic E-state index is 8.95. The molecular formula is C18H36N2O2. The lowest BCUT2D eigenvalue weighted by Crippen LogP contribution is -2.42. The molecule has 0 radical (unpaired) electrons. The molecule has 0 fully saturated rings. The summed E-state index contributed by atoms with van der Waals surface area (Å²) in [5, 5.41) is 22.3. The van der Waals surface area contributed by atoms with Gasteiger partial charge in [-0.25, -0.2) is 0 Å². The summed E-state index contributed by atoms with van der Waals surface area (Å²) in [6.07, 6.45) is 0.838. The lowest BCUT2D eigenvalue weighted by molar-refractivity contribution is 0.175.